The molecule has 0 radical (unpaired) electrons. The van der Waals surface area contributed by atoms with Crippen LogP contribution in [0.15, 0.2) is 23.2 Å². The molecule has 1 aromatic rings. The normalized spacial score (nSPS) is 11.9. The number of aliphatic imine (C=N–C) groups is 1. The smallest absolute Gasteiger partial charge is 0.284 e. The van der Waals surface area contributed by atoms with Gasteiger partial charge in [-0.1, -0.05) is 23.4 Å². The van der Waals surface area contributed by atoms with Crippen LogP contribution in [0, 0.1) is 11.5 Å². The summed E-state index contributed by atoms with van der Waals surface area (Å²) in [7, 11) is 0. The van der Waals surface area contributed by atoms with Crippen LogP contribution in [0.1, 0.15) is 10.4 Å². The monoisotopic (exact) mass is 321 g/mol. The van der Waals surface area contributed by atoms with Gasteiger partial charge in [0.25, 0.3) is 5.78 Å². The van der Waals surface area contributed by atoms with Crippen molar-refractivity contribution in [3.05, 3.63) is 28.8 Å². The fourth-order valence-electron chi connectivity index (χ4n) is 1.22. The number of carbonyl (C=O) groups is 1. The quantitative estimate of drug-likeness (QED) is 0.298. The summed E-state index contributed by atoms with van der Waals surface area (Å²) in [4.78, 5) is 15.1. The van der Waals surface area contributed by atoms with Gasteiger partial charge < -0.3 is 0 Å². The predicted molar refractivity (Wildman–Crippen MR) is 71.2 cm³/mol. The third-order valence-electron chi connectivity index (χ3n) is 2.04. The molecular weight excluding hydrogens is 315 g/mol. The van der Waals surface area contributed by atoms with E-state index in [4.69, 9.17) is 16.9 Å². The van der Waals surface area contributed by atoms with Gasteiger partial charge in [0.2, 0.25) is 0 Å². The summed E-state index contributed by atoms with van der Waals surface area (Å²) in [5.74, 6) is -2.05. The van der Waals surface area contributed by atoms with E-state index in [1.165, 1.54) is 12.1 Å². The molecule has 20 heavy (non-hydrogen) atoms. The third kappa shape index (κ3) is 4.15. The van der Waals surface area contributed by atoms with E-state index in [1.807, 2.05) is 0 Å². The van der Waals surface area contributed by atoms with Gasteiger partial charge in [0, 0.05) is 5.02 Å². The number of alkyl halides is 3. The SMILES string of the molecule is CSC(=Nc1ccc(Cl)cc1C(=O)C(F)(F)F)NC#N. The molecule has 0 saturated heterocycles. The van der Waals surface area contributed by atoms with Crippen molar-refractivity contribution in [1.29, 1.82) is 5.26 Å². The maximum absolute atomic E-state index is 12.5. The molecule has 9 heteroatoms. The summed E-state index contributed by atoms with van der Waals surface area (Å²) >= 11 is 6.61. The number of benzene rings is 1. The fourth-order valence-corrected chi connectivity index (χ4v) is 1.73. The lowest BCUT2D eigenvalue weighted by molar-refractivity contribution is -0.0884. The molecule has 0 aliphatic carbocycles. The van der Waals surface area contributed by atoms with Crippen molar-refractivity contribution < 1.29 is 18.0 Å². The first-order valence-corrected chi connectivity index (χ1v) is 6.58. The minimum absolute atomic E-state index is 0.0181. The summed E-state index contributed by atoms with van der Waals surface area (Å²) in [6.07, 6.45) is -1.86. The Hall–Kier alpha value is -1.72. The Morgan fingerprint density at radius 1 is 1.50 bits per heavy atom. The van der Waals surface area contributed by atoms with Gasteiger partial charge in [0.05, 0.1) is 11.3 Å². The molecule has 1 N–H and O–H groups in total. The first kappa shape index (κ1) is 16.3. The summed E-state index contributed by atoms with van der Waals surface area (Å²) < 4.78 is 37.5. The van der Waals surface area contributed by atoms with Crippen LogP contribution in [0.25, 0.3) is 0 Å². The van der Waals surface area contributed by atoms with E-state index in [9.17, 15) is 18.0 Å². The standard InChI is InChI=1S/C11H7ClF3N3OS/c1-20-10(17-5-16)18-8-3-2-6(12)4-7(8)9(19)11(13,14)15/h2-4H,1H3,(H,17,18). The molecule has 0 spiro atoms. The summed E-state index contributed by atoms with van der Waals surface area (Å²) in [5, 5.41) is 10.7. The number of nitrogens with zero attached hydrogens (tertiary/aromatic N) is 2. The van der Waals surface area contributed by atoms with Gasteiger partial charge in [-0.15, -0.1) is 0 Å². The molecular formula is C11H7ClF3N3OS. The zero-order valence-electron chi connectivity index (χ0n) is 9.95. The van der Waals surface area contributed by atoms with Crippen molar-refractivity contribution in [2.75, 3.05) is 6.26 Å². The second kappa shape index (κ2) is 6.63. The minimum Gasteiger partial charge on any atom is -0.284 e. The molecule has 0 bridgehead atoms. The number of thioether (sulfide) groups is 1. The maximum atomic E-state index is 12.5. The number of nitrogens with one attached hydrogen (secondary N) is 1. The minimum atomic E-state index is -5.03. The molecule has 0 aromatic heterocycles. The lowest BCUT2D eigenvalue weighted by Gasteiger charge is -2.09. The van der Waals surface area contributed by atoms with Crippen LogP contribution in [-0.4, -0.2) is 23.4 Å². The maximum Gasteiger partial charge on any atom is 0.454 e. The van der Waals surface area contributed by atoms with Crippen LogP contribution in [0.5, 0.6) is 0 Å². The Labute approximate surface area is 121 Å². The van der Waals surface area contributed by atoms with E-state index in [0.29, 0.717) is 0 Å². The van der Waals surface area contributed by atoms with Crippen LogP contribution < -0.4 is 5.32 Å². The molecule has 4 nitrogen and oxygen atoms in total. The number of hydrogen-bond donors (Lipinski definition) is 1. The molecule has 0 atom stereocenters. The predicted octanol–water partition coefficient (Wildman–Crippen LogP) is 3.51. The van der Waals surface area contributed by atoms with E-state index in [1.54, 1.807) is 12.4 Å². The van der Waals surface area contributed by atoms with Crippen molar-refractivity contribution in [2.24, 2.45) is 4.99 Å². The number of halogens is 4. The van der Waals surface area contributed by atoms with E-state index in [2.05, 4.69) is 10.3 Å². The largest absolute Gasteiger partial charge is 0.454 e. The lowest BCUT2D eigenvalue weighted by atomic mass is 10.1. The van der Waals surface area contributed by atoms with Crippen LogP contribution >= 0.6 is 23.4 Å². The molecule has 0 unspecified atom stereocenters. The molecule has 1 rings (SSSR count). The number of amidine groups is 1. The van der Waals surface area contributed by atoms with E-state index in [0.717, 1.165) is 17.8 Å². The highest BCUT2D eigenvalue weighted by atomic mass is 35.5. The highest BCUT2D eigenvalue weighted by molar-refractivity contribution is 8.13. The molecule has 106 valence electrons. The number of carbonyl (C=O) groups excluding carboxylic acids is 1. The average Bonchev–Trinajstić information content (AvgIpc) is 2.38. The number of ketones is 1. The average molecular weight is 322 g/mol. The van der Waals surface area contributed by atoms with Gasteiger partial charge in [-0.05, 0) is 24.5 Å². The molecule has 0 fully saturated rings. The molecule has 0 aliphatic rings. The van der Waals surface area contributed by atoms with Crippen molar-refractivity contribution in [1.82, 2.24) is 5.32 Å². The Bertz CT molecular complexity index is 596. The molecule has 1 aromatic carbocycles. The van der Waals surface area contributed by atoms with Gasteiger partial charge in [-0.2, -0.15) is 18.4 Å². The summed E-state index contributed by atoms with van der Waals surface area (Å²) in [5.41, 5.74) is -0.889. The van der Waals surface area contributed by atoms with E-state index >= 15 is 0 Å². The summed E-state index contributed by atoms with van der Waals surface area (Å²) in [6, 6.07) is 3.37. The van der Waals surface area contributed by atoms with Crippen LogP contribution in [0.3, 0.4) is 0 Å². The van der Waals surface area contributed by atoms with Gasteiger partial charge in [0.1, 0.15) is 0 Å². The number of rotatable bonds is 2. The number of hydrogen-bond acceptors (Lipinski definition) is 4. The van der Waals surface area contributed by atoms with E-state index < -0.39 is 17.5 Å². The molecule has 0 amide bonds. The second-order valence-corrected chi connectivity index (χ2v) is 4.58. The zero-order valence-corrected chi connectivity index (χ0v) is 11.5. The Morgan fingerprint density at radius 3 is 2.65 bits per heavy atom. The van der Waals surface area contributed by atoms with Crippen LogP contribution in [0.2, 0.25) is 5.02 Å². The van der Waals surface area contributed by atoms with Gasteiger partial charge in [-0.25, -0.2) is 4.99 Å². The van der Waals surface area contributed by atoms with Crippen LogP contribution in [0.4, 0.5) is 18.9 Å². The highest BCUT2D eigenvalue weighted by Crippen LogP contribution is 2.30. The van der Waals surface area contributed by atoms with E-state index in [-0.39, 0.29) is 15.9 Å². The van der Waals surface area contributed by atoms with Gasteiger partial charge in [-0.3, -0.25) is 10.1 Å². The highest BCUT2D eigenvalue weighted by Gasteiger charge is 2.40. The first-order chi connectivity index (χ1) is 9.29. The van der Waals surface area contributed by atoms with Crippen molar-refractivity contribution in [2.45, 2.75) is 6.18 Å². The Morgan fingerprint density at radius 2 is 2.15 bits per heavy atom. The molecule has 0 heterocycles. The van der Waals surface area contributed by atoms with Crippen molar-refractivity contribution in [3.63, 3.8) is 0 Å². The number of Topliss-reactive ketones (excluding diaryl/α,β-unsaturated/α-hetero) is 1. The Kier molecular flexibility index (Phi) is 5.42. The molecule has 0 aliphatic heterocycles. The topological polar surface area (TPSA) is 65.2 Å². The fraction of sp³-hybridized carbons (Fsp3) is 0.182. The second-order valence-electron chi connectivity index (χ2n) is 3.35. The van der Waals surface area contributed by atoms with Crippen LogP contribution in [-0.2, 0) is 0 Å². The lowest BCUT2D eigenvalue weighted by Crippen LogP contribution is -2.23. The van der Waals surface area contributed by atoms with Crippen molar-refractivity contribution in [3.8, 4) is 6.19 Å². The Balaban J connectivity index is 3.35. The number of nitriles is 1. The molecule has 0 saturated carbocycles. The first-order valence-electron chi connectivity index (χ1n) is 4.98. The summed E-state index contributed by atoms with van der Waals surface area (Å²) in [6.45, 7) is 0. The van der Waals surface area contributed by atoms with Crippen molar-refractivity contribution >= 4 is 40.0 Å². The van der Waals surface area contributed by atoms with Gasteiger partial charge >= 0.3 is 6.18 Å². The van der Waals surface area contributed by atoms with Gasteiger partial charge in [0.15, 0.2) is 11.4 Å². The third-order valence-corrected chi connectivity index (χ3v) is 2.85. The zero-order chi connectivity index (χ0) is 15.3.